The molecule has 198 valence electrons. The van der Waals surface area contributed by atoms with Gasteiger partial charge in [-0.2, -0.15) is 13.2 Å². The summed E-state index contributed by atoms with van der Waals surface area (Å²) in [6, 6.07) is 9.36. The quantitative estimate of drug-likeness (QED) is 0.389. The molecule has 3 aromatic rings. The number of alkyl halides is 4. The summed E-state index contributed by atoms with van der Waals surface area (Å²) < 4.78 is 58.6. The maximum absolute atomic E-state index is 14.5. The predicted octanol–water partition coefficient (Wildman–Crippen LogP) is 5.75. The van der Waals surface area contributed by atoms with E-state index < -0.39 is 35.0 Å². The molecular formula is C27H27ClF4N2O3. The van der Waals surface area contributed by atoms with Gasteiger partial charge in [0.1, 0.15) is 6.17 Å². The summed E-state index contributed by atoms with van der Waals surface area (Å²) in [6.07, 6.45) is -5.03. The third-order valence-electron chi connectivity index (χ3n) is 6.83. The van der Waals surface area contributed by atoms with Gasteiger partial charge in [-0.25, -0.2) is 4.39 Å². The smallest absolute Gasteiger partial charge is 0.417 e. The molecule has 1 N–H and O–H groups in total. The van der Waals surface area contributed by atoms with Crippen LogP contribution in [0.4, 0.5) is 17.6 Å². The normalized spacial score (nSPS) is 16.9. The molecule has 2 heterocycles. The van der Waals surface area contributed by atoms with Gasteiger partial charge in [0, 0.05) is 49.0 Å². The lowest BCUT2D eigenvalue weighted by Crippen LogP contribution is -2.35. The number of likely N-dealkylation sites (tertiary alicyclic amines) is 1. The molecule has 1 atom stereocenters. The molecule has 1 unspecified atom stereocenters. The fourth-order valence-corrected chi connectivity index (χ4v) is 5.33. The van der Waals surface area contributed by atoms with Gasteiger partial charge in [-0.1, -0.05) is 35.9 Å². The largest absolute Gasteiger partial charge is 0.481 e. The Morgan fingerprint density at radius 1 is 1.19 bits per heavy atom. The molecule has 0 spiro atoms. The number of fused-ring (bicyclic) bond motifs is 1. The van der Waals surface area contributed by atoms with E-state index in [1.807, 2.05) is 4.90 Å². The lowest BCUT2D eigenvalue weighted by atomic mass is 9.94. The minimum Gasteiger partial charge on any atom is -0.481 e. The van der Waals surface area contributed by atoms with Gasteiger partial charge in [-0.15, -0.1) is 0 Å². The molecule has 1 aromatic heterocycles. The molecule has 2 aromatic carbocycles. The second-order valence-corrected chi connectivity index (χ2v) is 9.88. The molecule has 10 heteroatoms. The first kappa shape index (κ1) is 27.1. The number of aryl methyl sites for hydroxylation is 2. The van der Waals surface area contributed by atoms with E-state index in [4.69, 9.17) is 16.7 Å². The van der Waals surface area contributed by atoms with Crippen molar-refractivity contribution in [1.82, 2.24) is 9.47 Å². The van der Waals surface area contributed by atoms with E-state index >= 15 is 0 Å². The van der Waals surface area contributed by atoms with E-state index in [1.165, 1.54) is 29.8 Å². The Labute approximate surface area is 216 Å². The first-order valence-electron chi connectivity index (χ1n) is 12.0. The number of carboxylic acid groups (broad SMARTS) is 1. The maximum atomic E-state index is 14.5. The van der Waals surface area contributed by atoms with Crippen molar-refractivity contribution in [2.24, 2.45) is 7.05 Å². The summed E-state index contributed by atoms with van der Waals surface area (Å²) in [6.45, 7) is 1.21. The number of rotatable bonds is 7. The van der Waals surface area contributed by atoms with Crippen LogP contribution in [0.25, 0.3) is 10.9 Å². The van der Waals surface area contributed by atoms with Crippen LogP contribution in [0.3, 0.4) is 0 Å². The highest BCUT2D eigenvalue weighted by molar-refractivity contribution is 6.32. The average molecular weight is 539 g/mol. The Morgan fingerprint density at radius 3 is 2.59 bits per heavy atom. The Balaban J connectivity index is 1.81. The van der Waals surface area contributed by atoms with Crippen LogP contribution in [0.2, 0.25) is 5.02 Å². The SMILES string of the molecule is Cn1c(=O)c(Cc2cccc(CCC(=O)O)c2Cl)c(C(F)(F)F)c2cc(CN3CCCC(F)C3)ccc21. The van der Waals surface area contributed by atoms with Gasteiger partial charge in [-0.3, -0.25) is 14.5 Å². The molecule has 1 aliphatic rings. The topological polar surface area (TPSA) is 62.5 Å². The standard InChI is InChI=1S/C27H27ClF4N2O3/c1-33-22-9-7-16(14-34-11-3-6-19(29)15-34)12-20(22)24(27(30,31)32)21(26(33)37)13-18-5-2-4-17(25(18)28)8-10-23(35)36/h2,4-5,7,9,12,19H,3,6,8,10-11,13-15H2,1H3,(H,35,36). The average Bonchev–Trinajstić information content (AvgIpc) is 2.82. The number of halogens is 5. The summed E-state index contributed by atoms with van der Waals surface area (Å²) in [7, 11) is 1.43. The number of hydrogen-bond acceptors (Lipinski definition) is 3. The van der Waals surface area contributed by atoms with Crippen molar-refractivity contribution in [2.75, 3.05) is 13.1 Å². The molecule has 5 nitrogen and oxygen atoms in total. The monoisotopic (exact) mass is 538 g/mol. The summed E-state index contributed by atoms with van der Waals surface area (Å²) in [5, 5.41) is 9.02. The Bertz CT molecular complexity index is 1390. The zero-order valence-electron chi connectivity index (χ0n) is 20.2. The zero-order valence-corrected chi connectivity index (χ0v) is 21.0. The molecule has 1 saturated heterocycles. The lowest BCUT2D eigenvalue weighted by Gasteiger charge is -2.29. The molecule has 0 amide bonds. The minimum atomic E-state index is -4.82. The van der Waals surface area contributed by atoms with E-state index in [0.717, 1.165) is 0 Å². The maximum Gasteiger partial charge on any atom is 0.417 e. The lowest BCUT2D eigenvalue weighted by molar-refractivity contribution is -0.137. The van der Waals surface area contributed by atoms with Crippen LogP contribution in [-0.4, -0.2) is 39.8 Å². The molecular weight excluding hydrogens is 512 g/mol. The van der Waals surface area contributed by atoms with Crippen molar-refractivity contribution in [3.63, 3.8) is 0 Å². The molecule has 1 aliphatic heterocycles. The van der Waals surface area contributed by atoms with Gasteiger partial charge >= 0.3 is 12.1 Å². The predicted molar refractivity (Wildman–Crippen MR) is 134 cm³/mol. The summed E-state index contributed by atoms with van der Waals surface area (Å²) in [5.74, 6) is -1.02. The number of pyridine rings is 1. The van der Waals surface area contributed by atoms with Crippen molar-refractivity contribution >= 4 is 28.5 Å². The summed E-state index contributed by atoms with van der Waals surface area (Å²) in [4.78, 5) is 26.0. The van der Waals surface area contributed by atoms with E-state index in [2.05, 4.69) is 0 Å². The Kier molecular flexibility index (Phi) is 7.94. The third-order valence-corrected chi connectivity index (χ3v) is 7.31. The Hall–Kier alpha value is -2.91. The van der Waals surface area contributed by atoms with Crippen molar-refractivity contribution in [2.45, 2.75) is 51.0 Å². The zero-order chi connectivity index (χ0) is 26.9. The fourth-order valence-electron chi connectivity index (χ4n) is 5.04. The highest BCUT2D eigenvalue weighted by Crippen LogP contribution is 2.38. The van der Waals surface area contributed by atoms with Crippen LogP contribution < -0.4 is 5.56 Å². The molecule has 37 heavy (non-hydrogen) atoms. The molecule has 0 bridgehead atoms. The Morgan fingerprint density at radius 2 is 1.92 bits per heavy atom. The number of aromatic nitrogens is 1. The van der Waals surface area contributed by atoms with Crippen molar-refractivity contribution in [3.05, 3.63) is 79.6 Å². The molecule has 0 aliphatic carbocycles. The number of hydrogen-bond donors (Lipinski definition) is 1. The number of carboxylic acids is 1. The van der Waals surface area contributed by atoms with Crippen molar-refractivity contribution in [1.29, 1.82) is 0 Å². The van der Waals surface area contributed by atoms with Gasteiger partial charge in [-0.05, 0) is 54.6 Å². The van der Waals surface area contributed by atoms with Crippen LogP contribution in [0.15, 0.2) is 41.2 Å². The van der Waals surface area contributed by atoms with Crippen molar-refractivity contribution < 1.29 is 27.5 Å². The second kappa shape index (κ2) is 10.8. The molecule has 0 radical (unpaired) electrons. The fraction of sp³-hybridized carbons (Fsp3) is 0.407. The summed E-state index contributed by atoms with van der Waals surface area (Å²) in [5.41, 5.74) is -0.678. The number of piperidine rings is 1. The first-order chi connectivity index (χ1) is 17.5. The van der Waals surface area contributed by atoms with E-state index in [9.17, 15) is 27.2 Å². The number of nitrogens with zero attached hydrogens (tertiary/aromatic N) is 2. The first-order valence-corrected chi connectivity index (χ1v) is 12.4. The van der Waals surface area contributed by atoms with Gasteiger partial charge in [0.2, 0.25) is 0 Å². The van der Waals surface area contributed by atoms with Crippen LogP contribution in [0.1, 0.15) is 47.1 Å². The van der Waals surface area contributed by atoms with Crippen molar-refractivity contribution in [3.8, 4) is 0 Å². The van der Waals surface area contributed by atoms with E-state index in [0.29, 0.717) is 42.6 Å². The molecule has 4 rings (SSSR count). The third kappa shape index (κ3) is 5.99. The van der Waals surface area contributed by atoms with Crippen LogP contribution >= 0.6 is 11.6 Å². The molecule has 1 fully saturated rings. The van der Waals surface area contributed by atoms with Crippen LogP contribution in [0, 0.1) is 0 Å². The molecule has 0 saturated carbocycles. The van der Waals surface area contributed by atoms with E-state index in [-0.39, 0.29) is 41.7 Å². The van der Waals surface area contributed by atoms with E-state index in [1.54, 1.807) is 18.2 Å². The van der Waals surface area contributed by atoms with Crippen LogP contribution in [0.5, 0.6) is 0 Å². The highest BCUT2D eigenvalue weighted by Gasteiger charge is 2.38. The van der Waals surface area contributed by atoms with Gasteiger partial charge in [0.05, 0.1) is 11.1 Å². The van der Waals surface area contributed by atoms with Gasteiger partial charge < -0.3 is 9.67 Å². The number of benzene rings is 2. The van der Waals surface area contributed by atoms with Gasteiger partial charge in [0.25, 0.3) is 5.56 Å². The summed E-state index contributed by atoms with van der Waals surface area (Å²) >= 11 is 6.45. The van der Waals surface area contributed by atoms with Gasteiger partial charge in [0.15, 0.2) is 0 Å². The highest BCUT2D eigenvalue weighted by atomic mass is 35.5. The minimum absolute atomic E-state index is 0.103. The second-order valence-electron chi connectivity index (χ2n) is 9.50. The number of aliphatic carboxylic acids is 1. The van der Waals surface area contributed by atoms with Crippen LogP contribution in [-0.2, 0) is 37.4 Å². The number of carbonyl (C=O) groups is 1.